The topological polar surface area (TPSA) is 98.0 Å². The third-order valence-corrected chi connectivity index (χ3v) is 2.03. The first-order valence-corrected chi connectivity index (χ1v) is 4.74. The molecule has 0 saturated heterocycles. The minimum atomic E-state index is -0.248. The molecule has 0 bridgehead atoms. The maximum Gasteiger partial charge on any atom is 0.237 e. The number of nitrogens with one attached hydrogen (secondary N) is 1. The van der Waals surface area contributed by atoms with Gasteiger partial charge in [0.15, 0.2) is 11.5 Å². The number of hydrogen-bond donors (Lipinski definition) is 1. The van der Waals surface area contributed by atoms with Crippen molar-refractivity contribution in [2.24, 2.45) is 5.10 Å². The van der Waals surface area contributed by atoms with E-state index in [1.165, 1.54) is 0 Å². The summed E-state index contributed by atoms with van der Waals surface area (Å²) in [5.74, 6) is 0.541. The number of hydrazone groups is 1. The van der Waals surface area contributed by atoms with Gasteiger partial charge in [-0.05, 0) is 12.1 Å². The molecule has 1 aromatic heterocycles. The fourth-order valence-corrected chi connectivity index (χ4v) is 1.34. The summed E-state index contributed by atoms with van der Waals surface area (Å²) in [6, 6.07) is 8.60. The third-order valence-electron chi connectivity index (χ3n) is 2.03. The summed E-state index contributed by atoms with van der Waals surface area (Å²) in [5, 5.41) is 20.7. The lowest BCUT2D eigenvalue weighted by Gasteiger charge is -1.98. The third kappa shape index (κ3) is 2.06. The van der Waals surface area contributed by atoms with E-state index in [1.54, 1.807) is 37.3 Å². The van der Waals surface area contributed by atoms with Crippen molar-refractivity contribution in [3.8, 4) is 12.1 Å². The van der Waals surface area contributed by atoms with Crippen LogP contribution in [0.2, 0.25) is 0 Å². The van der Waals surface area contributed by atoms with Crippen molar-refractivity contribution in [2.75, 3.05) is 5.43 Å². The highest BCUT2D eigenvalue weighted by atomic mass is 16.3. The van der Waals surface area contributed by atoms with Crippen molar-refractivity contribution in [2.45, 2.75) is 6.92 Å². The van der Waals surface area contributed by atoms with Crippen LogP contribution in [0.4, 0.5) is 5.69 Å². The summed E-state index contributed by atoms with van der Waals surface area (Å²) in [7, 11) is 0. The van der Waals surface area contributed by atoms with Gasteiger partial charge in [-0.25, -0.2) is 4.98 Å². The van der Waals surface area contributed by atoms with Crippen LogP contribution in [0.15, 0.2) is 27.7 Å². The van der Waals surface area contributed by atoms with Crippen molar-refractivity contribution >= 4 is 22.5 Å². The number of rotatable bonds is 2. The zero-order valence-corrected chi connectivity index (χ0v) is 8.93. The van der Waals surface area contributed by atoms with E-state index < -0.39 is 0 Å². The number of fused-ring (bicyclic) bond motifs is 1. The molecule has 1 heterocycles. The van der Waals surface area contributed by atoms with Crippen LogP contribution in [0, 0.1) is 29.6 Å². The van der Waals surface area contributed by atoms with Crippen molar-refractivity contribution in [1.82, 2.24) is 4.98 Å². The van der Waals surface area contributed by atoms with Gasteiger partial charge in [-0.15, -0.1) is 0 Å². The van der Waals surface area contributed by atoms with Gasteiger partial charge in [-0.3, -0.25) is 5.43 Å². The highest BCUT2D eigenvalue weighted by Gasteiger charge is 2.06. The summed E-state index contributed by atoms with van der Waals surface area (Å²) in [6.45, 7) is 1.74. The van der Waals surface area contributed by atoms with Crippen LogP contribution in [0.1, 0.15) is 5.89 Å². The standard InChI is InChI=1S/C11H7N5O/c1-7-14-11-9(3-2-4-10(11)17-7)16-15-8(5-12)6-13/h2-4,16H,1H3. The van der Waals surface area contributed by atoms with Crippen molar-refractivity contribution in [1.29, 1.82) is 10.5 Å². The minimum absolute atomic E-state index is 0.248. The van der Waals surface area contributed by atoms with E-state index in [0.29, 0.717) is 22.7 Å². The molecule has 0 spiro atoms. The summed E-state index contributed by atoms with van der Waals surface area (Å²) in [4.78, 5) is 4.18. The van der Waals surface area contributed by atoms with Crippen LogP contribution < -0.4 is 5.43 Å². The lowest BCUT2D eigenvalue weighted by atomic mass is 10.3. The normalized spacial score (nSPS) is 9.35. The number of para-hydroxylation sites is 1. The van der Waals surface area contributed by atoms with Gasteiger partial charge in [0.25, 0.3) is 0 Å². The quantitative estimate of drug-likeness (QED) is 0.622. The van der Waals surface area contributed by atoms with Crippen LogP contribution in [-0.2, 0) is 0 Å². The Morgan fingerprint density at radius 3 is 2.88 bits per heavy atom. The van der Waals surface area contributed by atoms with Crippen LogP contribution in [-0.4, -0.2) is 10.7 Å². The monoisotopic (exact) mass is 225 g/mol. The molecule has 0 aliphatic rings. The van der Waals surface area contributed by atoms with Gasteiger partial charge >= 0.3 is 0 Å². The molecule has 17 heavy (non-hydrogen) atoms. The number of nitriles is 2. The molecule has 0 aliphatic heterocycles. The van der Waals surface area contributed by atoms with E-state index in [0.717, 1.165) is 0 Å². The van der Waals surface area contributed by atoms with Crippen LogP contribution in [0.3, 0.4) is 0 Å². The molecule has 2 rings (SSSR count). The van der Waals surface area contributed by atoms with Crippen LogP contribution >= 0.6 is 0 Å². The maximum atomic E-state index is 8.54. The van der Waals surface area contributed by atoms with Crippen molar-refractivity contribution in [3.05, 3.63) is 24.1 Å². The number of aromatic nitrogens is 1. The maximum absolute atomic E-state index is 8.54. The van der Waals surface area contributed by atoms with Gasteiger partial charge in [0, 0.05) is 6.92 Å². The second-order valence-electron chi connectivity index (χ2n) is 3.18. The molecule has 0 unspecified atom stereocenters. The molecule has 0 aliphatic carbocycles. The number of oxazole rings is 1. The first-order valence-electron chi connectivity index (χ1n) is 4.74. The Kier molecular flexibility index (Phi) is 2.71. The average Bonchev–Trinajstić information content (AvgIpc) is 2.71. The summed E-state index contributed by atoms with van der Waals surface area (Å²) >= 11 is 0. The molecule has 82 valence electrons. The fraction of sp³-hybridized carbons (Fsp3) is 0.0909. The Hall–Kier alpha value is -2.86. The van der Waals surface area contributed by atoms with Gasteiger partial charge < -0.3 is 4.42 Å². The summed E-state index contributed by atoms with van der Waals surface area (Å²) < 4.78 is 5.34. The van der Waals surface area contributed by atoms with Gasteiger partial charge in [0.1, 0.15) is 17.7 Å². The molecular formula is C11H7N5O. The highest BCUT2D eigenvalue weighted by molar-refractivity contribution is 6.10. The second kappa shape index (κ2) is 4.33. The largest absolute Gasteiger partial charge is 0.441 e. The number of aryl methyl sites for hydroxylation is 1. The van der Waals surface area contributed by atoms with Crippen molar-refractivity contribution in [3.63, 3.8) is 0 Å². The summed E-state index contributed by atoms with van der Waals surface area (Å²) in [6.07, 6.45) is 0. The number of anilines is 1. The summed E-state index contributed by atoms with van der Waals surface area (Å²) in [5.41, 5.74) is 4.20. The fourth-order valence-electron chi connectivity index (χ4n) is 1.34. The van der Waals surface area contributed by atoms with Gasteiger partial charge in [-0.1, -0.05) is 6.07 Å². The average molecular weight is 225 g/mol. The SMILES string of the molecule is Cc1nc2c(NN=C(C#N)C#N)cccc2o1. The molecule has 0 saturated carbocycles. The molecule has 0 amide bonds. The van der Waals surface area contributed by atoms with Gasteiger partial charge in [0.05, 0.1) is 5.69 Å². The van der Waals surface area contributed by atoms with E-state index in [2.05, 4.69) is 15.5 Å². The van der Waals surface area contributed by atoms with Gasteiger partial charge in [0.2, 0.25) is 5.71 Å². The van der Waals surface area contributed by atoms with E-state index in [1.807, 2.05) is 0 Å². The Bertz CT molecular complexity index is 655. The Morgan fingerprint density at radius 1 is 1.41 bits per heavy atom. The Labute approximate surface area is 96.8 Å². The molecule has 6 nitrogen and oxygen atoms in total. The predicted octanol–water partition coefficient (Wildman–Crippen LogP) is 1.95. The Morgan fingerprint density at radius 2 is 2.18 bits per heavy atom. The molecule has 0 atom stereocenters. The number of hydrogen-bond acceptors (Lipinski definition) is 6. The highest BCUT2D eigenvalue weighted by Crippen LogP contribution is 2.23. The molecule has 6 heteroatoms. The van der Waals surface area contributed by atoms with Crippen LogP contribution in [0.25, 0.3) is 11.1 Å². The zero-order valence-electron chi connectivity index (χ0n) is 8.93. The van der Waals surface area contributed by atoms with Crippen LogP contribution in [0.5, 0.6) is 0 Å². The molecular weight excluding hydrogens is 218 g/mol. The molecule has 0 radical (unpaired) electrons. The molecule has 1 aromatic carbocycles. The number of nitrogens with zero attached hydrogens (tertiary/aromatic N) is 4. The Balaban J connectivity index is 2.41. The minimum Gasteiger partial charge on any atom is -0.441 e. The van der Waals surface area contributed by atoms with Crippen molar-refractivity contribution < 1.29 is 4.42 Å². The van der Waals surface area contributed by atoms with E-state index in [-0.39, 0.29) is 5.71 Å². The predicted molar refractivity (Wildman–Crippen MR) is 61.0 cm³/mol. The lowest BCUT2D eigenvalue weighted by molar-refractivity contribution is 0.561. The number of benzene rings is 1. The van der Waals surface area contributed by atoms with Gasteiger partial charge in [-0.2, -0.15) is 15.6 Å². The second-order valence-corrected chi connectivity index (χ2v) is 3.18. The molecule has 2 aromatic rings. The first-order chi connectivity index (χ1) is 8.24. The van der Waals surface area contributed by atoms with E-state index in [9.17, 15) is 0 Å². The molecule has 1 N–H and O–H groups in total. The van der Waals surface area contributed by atoms with E-state index >= 15 is 0 Å². The first kappa shape index (κ1) is 10.7. The smallest absolute Gasteiger partial charge is 0.237 e. The molecule has 0 fully saturated rings. The zero-order chi connectivity index (χ0) is 12.3. The van der Waals surface area contributed by atoms with E-state index in [4.69, 9.17) is 14.9 Å². The lowest BCUT2D eigenvalue weighted by Crippen LogP contribution is -1.96.